The molecule has 0 saturated carbocycles. The van der Waals surface area contributed by atoms with Gasteiger partial charge in [0.15, 0.2) is 5.57 Å². The van der Waals surface area contributed by atoms with E-state index < -0.39 is 69.2 Å². The first-order valence-corrected chi connectivity index (χ1v) is 12.0. The predicted octanol–water partition coefficient (Wildman–Crippen LogP) is 4.48. The van der Waals surface area contributed by atoms with Crippen LogP contribution in [0.4, 0.5) is 36.8 Å². The van der Waals surface area contributed by atoms with Crippen molar-refractivity contribution in [2.45, 2.75) is 25.8 Å². The molecular formula is C26H23F6N4O5+. The Balaban J connectivity index is 1.93. The number of rotatable bonds is 5. The van der Waals surface area contributed by atoms with Gasteiger partial charge in [-0.15, -0.1) is 0 Å². The second kappa shape index (κ2) is 9.90. The highest BCUT2D eigenvalue weighted by molar-refractivity contribution is 6.19. The molecule has 15 heteroatoms. The van der Waals surface area contributed by atoms with E-state index in [-0.39, 0.29) is 18.4 Å². The zero-order valence-electron chi connectivity index (χ0n) is 22.1. The lowest BCUT2D eigenvalue weighted by Crippen LogP contribution is -2.62. The minimum atomic E-state index is -5.49. The number of hydrogen-bond donors (Lipinski definition) is 0. The van der Waals surface area contributed by atoms with E-state index in [1.165, 1.54) is 48.4 Å². The number of amides is 3. The number of ether oxygens (including phenoxy) is 1. The Kier molecular flexibility index (Phi) is 7.14. The van der Waals surface area contributed by atoms with E-state index in [4.69, 9.17) is 4.74 Å². The number of aryl methyl sites for hydroxylation is 2. The number of carbonyl (C=O) groups excluding carboxylic acids is 3. The van der Waals surface area contributed by atoms with Crippen LogP contribution < -0.4 is 10.6 Å². The third kappa shape index (κ3) is 4.90. The van der Waals surface area contributed by atoms with E-state index in [1.807, 2.05) is 0 Å². The SMILES string of the molecule is CCOC(=O)C1=CN(c2ccc3c(c2)n(C)c(=O)n3C)C(=O)[N+](C)(Cc2cccc(C(F)(F)F)c2C(F)(F)F)C1=O. The molecule has 2 heterocycles. The van der Waals surface area contributed by atoms with Crippen molar-refractivity contribution in [3.8, 4) is 0 Å². The third-order valence-electron chi connectivity index (χ3n) is 6.82. The number of aromatic nitrogens is 2. The van der Waals surface area contributed by atoms with Crippen molar-refractivity contribution >= 4 is 34.6 Å². The molecule has 0 radical (unpaired) electrons. The number of benzene rings is 2. The molecule has 1 aliphatic rings. The number of likely N-dealkylation sites (N-methyl/N-ethyl adjacent to an activating group) is 1. The number of quaternary nitrogens is 1. The number of alkyl halides is 6. The number of nitrogens with zero attached hydrogens (tertiary/aromatic N) is 4. The molecule has 4 rings (SSSR count). The lowest BCUT2D eigenvalue weighted by Gasteiger charge is -2.37. The summed E-state index contributed by atoms with van der Waals surface area (Å²) in [6, 6.07) is 4.81. The van der Waals surface area contributed by atoms with Gasteiger partial charge in [-0.1, -0.05) is 12.1 Å². The second-order valence-corrected chi connectivity index (χ2v) is 9.48. The van der Waals surface area contributed by atoms with Crippen LogP contribution >= 0.6 is 0 Å². The summed E-state index contributed by atoms with van der Waals surface area (Å²) in [6.45, 7) is 0.0750. The third-order valence-corrected chi connectivity index (χ3v) is 6.82. The minimum absolute atomic E-state index is 0.0300. The number of esters is 1. The highest BCUT2D eigenvalue weighted by Crippen LogP contribution is 2.43. The van der Waals surface area contributed by atoms with E-state index in [9.17, 15) is 45.5 Å². The molecule has 0 aliphatic carbocycles. The molecule has 1 unspecified atom stereocenters. The summed E-state index contributed by atoms with van der Waals surface area (Å²) in [4.78, 5) is 53.3. The Morgan fingerprint density at radius 3 is 2.15 bits per heavy atom. The van der Waals surface area contributed by atoms with Crippen molar-refractivity contribution in [2.24, 2.45) is 14.1 Å². The molecule has 0 N–H and O–H groups in total. The fourth-order valence-corrected chi connectivity index (χ4v) is 4.79. The lowest BCUT2D eigenvalue weighted by atomic mass is 9.98. The average molecular weight is 585 g/mol. The van der Waals surface area contributed by atoms with Gasteiger partial charge in [0.2, 0.25) is 0 Å². The molecule has 0 fully saturated rings. The molecule has 0 saturated heterocycles. The molecule has 41 heavy (non-hydrogen) atoms. The van der Waals surface area contributed by atoms with Crippen LogP contribution in [0.3, 0.4) is 0 Å². The van der Waals surface area contributed by atoms with Gasteiger partial charge < -0.3 is 4.74 Å². The van der Waals surface area contributed by atoms with E-state index >= 15 is 0 Å². The van der Waals surface area contributed by atoms with Crippen molar-refractivity contribution in [1.29, 1.82) is 0 Å². The molecule has 1 aromatic heterocycles. The number of carbonyl (C=O) groups is 3. The van der Waals surface area contributed by atoms with Gasteiger partial charge in [0.05, 0.1) is 41.5 Å². The van der Waals surface area contributed by atoms with Crippen molar-refractivity contribution in [1.82, 2.24) is 9.13 Å². The van der Waals surface area contributed by atoms with Crippen molar-refractivity contribution < 1.29 is 49.9 Å². The molecular weight excluding hydrogens is 562 g/mol. The molecule has 3 amide bonds. The van der Waals surface area contributed by atoms with Crippen molar-refractivity contribution in [2.75, 3.05) is 18.6 Å². The Morgan fingerprint density at radius 1 is 0.927 bits per heavy atom. The highest BCUT2D eigenvalue weighted by Gasteiger charge is 2.53. The van der Waals surface area contributed by atoms with Crippen LogP contribution in [0.15, 0.2) is 53.0 Å². The van der Waals surface area contributed by atoms with Gasteiger partial charge in [0, 0.05) is 25.9 Å². The van der Waals surface area contributed by atoms with Crippen LogP contribution in [-0.2, 0) is 47.3 Å². The van der Waals surface area contributed by atoms with Crippen LogP contribution in [0, 0.1) is 0 Å². The van der Waals surface area contributed by atoms with Crippen molar-refractivity contribution in [3.63, 3.8) is 0 Å². The maximum Gasteiger partial charge on any atom is 0.435 e. The molecule has 1 aliphatic heterocycles. The Bertz CT molecular complexity index is 1680. The van der Waals surface area contributed by atoms with Gasteiger partial charge in [-0.2, -0.15) is 30.8 Å². The zero-order valence-corrected chi connectivity index (χ0v) is 22.1. The standard InChI is InChI=1S/C26H23F6N4O5/c1-5-41-22(38)16-12-35(15-9-10-18-19(11-15)34(3)23(39)33(18)2)24(40)36(4,21(16)37)13-14-7-6-8-17(25(27,28)29)20(14)26(30,31)32/h6-12H,5,13H2,1-4H3/q+1. The first-order chi connectivity index (χ1) is 18.9. The maximum atomic E-state index is 14.0. The van der Waals surface area contributed by atoms with Gasteiger partial charge in [-0.05, 0) is 31.2 Å². The quantitative estimate of drug-likeness (QED) is 0.191. The largest absolute Gasteiger partial charge is 0.462 e. The molecule has 3 aromatic rings. The van der Waals surface area contributed by atoms with Crippen LogP contribution in [-0.4, -0.2) is 45.2 Å². The van der Waals surface area contributed by atoms with E-state index in [2.05, 4.69) is 0 Å². The fourth-order valence-electron chi connectivity index (χ4n) is 4.79. The summed E-state index contributed by atoms with van der Waals surface area (Å²) in [6.07, 6.45) is -10.0. The summed E-state index contributed by atoms with van der Waals surface area (Å²) >= 11 is 0. The first-order valence-electron chi connectivity index (χ1n) is 12.0. The molecule has 218 valence electrons. The van der Waals surface area contributed by atoms with Gasteiger partial charge >= 0.3 is 35.9 Å². The number of imidazole rings is 1. The summed E-state index contributed by atoms with van der Waals surface area (Å²) in [5, 5.41) is 0. The highest BCUT2D eigenvalue weighted by atomic mass is 19.4. The van der Waals surface area contributed by atoms with Gasteiger partial charge in [-0.25, -0.2) is 24.1 Å². The second-order valence-electron chi connectivity index (χ2n) is 9.48. The fraction of sp³-hybridized carbons (Fsp3) is 0.308. The minimum Gasteiger partial charge on any atom is -0.462 e. The monoisotopic (exact) mass is 585 g/mol. The summed E-state index contributed by atoms with van der Waals surface area (Å²) in [7, 11) is 3.87. The summed E-state index contributed by atoms with van der Waals surface area (Å²) < 4.78 is 88.6. The Labute approximate surface area is 228 Å². The average Bonchev–Trinajstić information content (AvgIpc) is 3.10. The number of urea groups is 1. The van der Waals surface area contributed by atoms with Gasteiger partial charge in [0.1, 0.15) is 6.54 Å². The predicted molar refractivity (Wildman–Crippen MR) is 132 cm³/mol. The van der Waals surface area contributed by atoms with Crippen LogP contribution in [0.5, 0.6) is 0 Å². The Morgan fingerprint density at radius 2 is 1.56 bits per heavy atom. The number of imide groups is 1. The van der Waals surface area contributed by atoms with E-state index in [0.717, 1.165) is 30.3 Å². The molecule has 0 bridgehead atoms. The van der Waals surface area contributed by atoms with Crippen LogP contribution in [0.1, 0.15) is 23.6 Å². The molecule has 9 nitrogen and oxygen atoms in total. The summed E-state index contributed by atoms with van der Waals surface area (Å²) in [5.41, 5.74) is -5.29. The first kappa shape index (κ1) is 29.6. The molecule has 0 spiro atoms. The number of hydrogen-bond acceptors (Lipinski definition) is 5. The van der Waals surface area contributed by atoms with Gasteiger partial charge in [0.25, 0.3) is 0 Å². The van der Waals surface area contributed by atoms with Crippen LogP contribution in [0.2, 0.25) is 0 Å². The number of anilines is 1. The topological polar surface area (TPSA) is 90.6 Å². The summed E-state index contributed by atoms with van der Waals surface area (Å²) in [5.74, 6) is -2.46. The van der Waals surface area contributed by atoms with Gasteiger partial charge in [-0.3, -0.25) is 9.13 Å². The lowest BCUT2D eigenvalue weighted by molar-refractivity contribution is -0.763. The number of halogens is 6. The normalized spacial score (nSPS) is 18.2. The van der Waals surface area contributed by atoms with Crippen molar-refractivity contribution in [3.05, 3.63) is 75.3 Å². The van der Waals surface area contributed by atoms with E-state index in [1.54, 1.807) is 0 Å². The van der Waals surface area contributed by atoms with E-state index in [0.29, 0.717) is 11.0 Å². The smallest absolute Gasteiger partial charge is 0.435 e. The molecule has 1 atom stereocenters. The molecule has 2 aromatic carbocycles. The number of fused-ring (bicyclic) bond motifs is 1. The van der Waals surface area contributed by atoms with Crippen LogP contribution in [0.25, 0.3) is 11.0 Å². The maximum absolute atomic E-state index is 14.0. The zero-order chi connectivity index (χ0) is 30.7. The Hall–Kier alpha value is -4.40.